The molecule has 3 amide bonds. The predicted molar refractivity (Wildman–Crippen MR) is 106 cm³/mol. The number of carboxylic acids is 1. The zero-order valence-corrected chi connectivity index (χ0v) is 16.6. The van der Waals surface area contributed by atoms with Gasteiger partial charge in [0.15, 0.2) is 0 Å². The average molecular weight is 386 g/mol. The monoisotopic (exact) mass is 386 g/mol. The molecule has 2 heterocycles. The van der Waals surface area contributed by atoms with Crippen molar-refractivity contribution in [2.45, 2.75) is 32.2 Å². The van der Waals surface area contributed by atoms with Crippen LogP contribution in [0.5, 0.6) is 0 Å². The summed E-state index contributed by atoms with van der Waals surface area (Å²) in [7, 11) is 3.89. The minimum Gasteiger partial charge on any atom is -0.477 e. The first-order valence-corrected chi connectivity index (χ1v) is 9.26. The third kappa shape index (κ3) is 3.73. The van der Waals surface area contributed by atoms with E-state index in [-0.39, 0.29) is 24.2 Å². The molecule has 8 nitrogen and oxygen atoms in total. The molecule has 150 valence electrons. The predicted octanol–water partition coefficient (Wildman–Crippen LogP) is 1.84. The number of H-pyrrole nitrogens is 1. The second-order valence-corrected chi connectivity index (χ2v) is 7.98. The van der Waals surface area contributed by atoms with E-state index in [0.29, 0.717) is 12.8 Å². The number of nitrogens with zero attached hydrogens (tertiary/aromatic N) is 2. The van der Waals surface area contributed by atoms with E-state index in [1.807, 2.05) is 37.2 Å². The van der Waals surface area contributed by atoms with Gasteiger partial charge < -0.3 is 20.3 Å². The summed E-state index contributed by atoms with van der Waals surface area (Å²) in [6.07, 6.45) is 1.12. The molecule has 3 N–H and O–H groups in total. The molecule has 8 heteroatoms. The lowest BCUT2D eigenvalue weighted by Crippen LogP contribution is -2.40. The second kappa shape index (κ2) is 7.27. The SMILES string of the molecule is CN(C)CCc1c(C(=O)O)[nH]c2ccc(CCN3C(=O)NC(C)(C)C3=O)cc12. The number of aromatic nitrogens is 1. The highest BCUT2D eigenvalue weighted by Crippen LogP contribution is 2.25. The maximum Gasteiger partial charge on any atom is 0.352 e. The van der Waals surface area contributed by atoms with Gasteiger partial charge in [-0.2, -0.15) is 0 Å². The van der Waals surface area contributed by atoms with E-state index < -0.39 is 11.5 Å². The number of imide groups is 1. The van der Waals surface area contributed by atoms with Crippen molar-refractivity contribution in [3.05, 3.63) is 35.0 Å². The van der Waals surface area contributed by atoms with Crippen LogP contribution in [0.25, 0.3) is 10.9 Å². The van der Waals surface area contributed by atoms with E-state index in [1.165, 1.54) is 4.90 Å². The van der Waals surface area contributed by atoms with Gasteiger partial charge in [0.05, 0.1) is 0 Å². The number of fused-ring (bicyclic) bond motifs is 1. The standard InChI is InChI=1S/C20H26N4O4/c1-20(2)18(27)24(19(28)22-20)10-7-12-5-6-15-14(11-12)13(8-9-23(3)4)16(21-15)17(25)26/h5-6,11,21H,7-10H2,1-4H3,(H,22,28)(H,25,26). The summed E-state index contributed by atoms with van der Waals surface area (Å²) in [6.45, 7) is 4.38. The summed E-state index contributed by atoms with van der Waals surface area (Å²) < 4.78 is 0. The topological polar surface area (TPSA) is 106 Å². The molecule has 2 aromatic rings. The van der Waals surface area contributed by atoms with E-state index in [0.717, 1.165) is 28.6 Å². The number of amides is 3. The third-order valence-corrected chi connectivity index (χ3v) is 5.06. The first-order valence-electron chi connectivity index (χ1n) is 9.26. The lowest BCUT2D eigenvalue weighted by Gasteiger charge is -2.16. The molecule has 0 spiro atoms. The Hall–Kier alpha value is -2.87. The summed E-state index contributed by atoms with van der Waals surface area (Å²) in [4.78, 5) is 42.2. The maximum absolute atomic E-state index is 12.3. The molecule has 0 radical (unpaired) electrons. The Morgan fingerprint density at radius 3 is 2.50 bits per heavy atom. The van der Waals surface area contributed by atoms with Gasteiger partial charge in [0, 0.05) is 24.0 Å². The van der Waals surface area contributed by atoms with Crippen molar-refractivity contribution in [2.75, 3.05) is 27.2 Å². The minimum absolute atomic E-state index is 0.213. The smallest absolute Gasteiger partial charge is 0.352 e. The number of carbonyl (C=O) groups is 3. The number of carbonyl (C=O) groups excluding carboxylic acids is 2. The van der Waals surface area contributed by atoms with Gasteiger partial charge >= 0.3 is 12.0 Å². The zero-order valence-electron chi connectivity index (χ0n) is 16.6. The van der Waals surface area contributed by atoms with Crippen LogP contribution in [0.3, 0.4) is 0 Å². The van der Waals surface area contributed by atoms with Crippen LogP contribution < -0.4 is 5.32 Å². The number of carboxylic acid groups (broad SMARTS) is 1. The van der Waals surface area contributed by atoms with E-state index in [9.17, 15) is 19.5 Å². The fourth-order valence-corrected chi connectivity index (χ4v) is 3.49. The van der Waals surface area contributed by atoms with Gasteiger partial charge in [0.1, 0.15) is 11.2 Å². The molecule has 1 aromatic carbocycles. The molecule has 0 aliphatic carbocycles. The van der Waals surface area contributed by atoms with Gasteiger partial charge in [-0.05, 0) is 64.0 Å². The van der Waals surface area contributed by atoms with Crippen LogP contribution in [0.1, 0.15) is 35.5 Å². The Bertz CT molecular complexity index is 945. The highest BCUT2D eigenvalue weighted by Gasteiger charge is 2.43. The molecule has 0 atom stereocenters. The molecule has 3 rings (SSSR count). The largest absolute Gasteiger partial charge is 0.477 e. The van der Waals surface area contributed by atoms with Crippen LogP contribution in [0.4, 0.5) is 4.79 Å². The molecule has 0 bridgehead atoms. The molecule has 1 aromatic heterocycles. The highest BCUT2D eigenvalue weighted by atomic mass is 16.4. The molecule has 28 heavy (non-hydrogen) atoms. The van der Waals surface area contributed by atoms with Gasteiger partial charge in [-0.15, -0.1) is 0 Å². The quantitative estimate of drug-likeness (QED) is 0.630. The van der Waals surface area contributed by atoms with E-state index >= 15 is 0 Å². The zero-order chi connectivity index (χ0) is 20.6. The number of likely N-dealkylation sites (N-methyl/N-ethyl adjacent to an activating group) is 1. The van der Waals surface area contributed by atoms with Crippen molar-refractivity contribution < 1.29 is 19.5 Å². The number of urea groups is 1. The fraction of sp³-hybridized carbons (Fsp3) is 0.450. The first-order chi connectivity index (χ1) is 13.1. The molecular formula is C20H26N4O4. The number of hydrogen-bond acceptors (Lipinski definition) is 4. The normalized spacial score (nSPS) is 16.2. The van der Waals surface area contributed by atoms with Crippen LogP contribution in [-0.4, -0.2) is 70.5 Å². The molecule has 1 saturated heterocycles. The minimum atomic E-state index is -0.979. The Morgan fingerprint density at radius 1 is 1.21 bits per heavy atom. The molecule has 1 fully saturated rings. The molecule has 0 saturated carbocycles. The Kier molecular flexibility index (Phi) is 5.16. The summed E-state index contributed by atoms with van der Waals surface area (Å²) in [5.74, 6) is -1.21. The van der Waals surface area contributed by atoms with Gasteiger partial charge in [-0.1, -0.05) is 6.07 Å². The Morgan fingerprint density at radius 2 is 1.93 bits per heavy atom. The van der Waals surface area contributed by atoms with E-state index in [4.69, 9.17) is 0 Å². The summed E-state index contributed by atoms with van der Waals surface area (Å²) in [5, 5.41) is 13.1. The van der Waals surface area contributed by atoms with Crippen LogP contribution in [0.2, 0.25) is 0 Å². The van der Waals surface area contributed by atoms with Crippen LogP contribution in [0, 0.1) is 0 Å². The summed E-state index contributed by atoms with van der Waals surface area (Å²) in [6, 6.07) is 5.32. The average Bonchev–Trinajstić information content (AvgIpc) is 3.06. The Labute approximate surface area is 163 Å². The molecule has 1 aliphatic heterocycles. The van der Waals surface area contributed by atoms with Crippen molar-refractivity contribution in [1.82, 2.24) is 20.1 Å². The lowest BCUT2D eigenvalue weighted by molar-refractivity contribution is -0.130. The van der Waals surface area contributed by atoms with E-state index in [1.54, 1.807) is 13.8 Å². The van der Waals surface area contributed by atoms with Crippen molar-refractivity contribution in [3.8, 4) is 0 Å². The number of rotatable bonds is 7. The fourth-order valence-electron chi connectivity index (χ4n) is 3.49. The summed E-state index contributed by atoms with van der Waals surface area (Å²) >= 11 is 0. The van der Waals surface area contributed by atoms with Crippen molar-refractivity contribution >= 4 is 28.8 Å². The first kappa shape index (κ1) is 19.9. The van der Waals surface area contributed by atoms with Crippen LogP contribution in [-0.2, 0) is 17.6 Å². The number of aromatic carboxylic acids is 1. The lowest BCUT2D eigenvalue weighted by atomic mass is 10.0. The van der Waals surface area contributed by atoms with Crippen LogP contribution >= 0.6 is 0 Å². The summed E-state index contributed by atoms with van der Waals surface area (Å²) in [5.41, 5.74) is 1.82. The maximum atomic E-state index is 12.3. The van der Waals surface area contributed by atoms with Crippen LogP contribution in [0.15, 0.2) is 18.2 Å². The van der Waals surface area contributed by atoms with Crippen molar-refractivity contribution in [2.24, 2.45) is 0 Å². The van der Waals surface area contributed by atoms with Gasteiger partial charge in [-0.3, -0.25) is 9.69 Å². The number of aromatic amines is 1. The molecule has 0 unspecified atom stereocenters. The second-order valence-electron chi connectivity index (χ2n) is 7.98. The van der Waals surface area contributed by atoms with Gasteiger partial charge in [-0.25, -0.2) is 9.59 Å². The number of benzene rings is 1. The van der Waals surface area contributed by atoms with E-state index in [2.05, 4.69) is 10.3 Å². The third-order valence-electron chi connectivity index (χ3n) is 5.06. The van der Waals surface area contributed by atoms with Crippen molar-refractivity contribution in [1.29, 1.82) is 0 Å². The van der Waals surface area contributed by atoms with Gasteiger partial charge in [0.25, 0.3) is 5.91 Å². The molecular weight excluding hydrogens is 360 g/mol. The van der Waals surface area contributed by atoms with Gasteiger partial charge in [0.2, 0.25) is 0 Å². The number of nitrogens with one attached hydrogen (secondary N) is 2. The van der Waals surface area contributed by atoms with Crippen molar-refractivity contribution in [3.63, 3.8) is 0 Å². The Balaban J connectivity index is 1.85. The highest BCUT2D eigenvalue weighted by molar-refractivity contribution is 6.06. The molecule has 1 aliphatic rings. The number of hydrogen-bond donors (Lipinski definition) is 3.